The maximum Gasteiger partial charge on any atom is 0.329 e. The number of rotatable bonds is 5. The highest BCUT2D eigenvalue weighted by atomic mass is 16.5. The number of anilines is 1. The van der Waals surface area contributed by atoms with E-state index in [2.05, 4.69) is 5.32 Å². The lowest BCUT2D eigenvalue weighted by Crippen LogP contribution is -2.31. The number of nitriles is 1. The second kappa shape index (κ2) is 7.15. The Hall–Kier alpha value is -3.53. The molecular formula is C19H17N3O4. The Kier molecular flexibility index (Phi) is 4.76. The highest BCUT2D eigenvalue weighted by Crippen LogP contribution is 2.30. The second-order valence-corrected chi connectivity index (χ2v) is 5.65. The maximum atomic E-state index is 12.2. The van der Waals surface area contributed by atoms with Gasteiger partial charge >= 0.3 is 6.03 Å². The number of hydrogen-bond acceptors (Lipinski definition) is 5. The number of urea groups is 1. The monoisotopic (exact) mass is 351 g/mol. The van der Waals surface area contributed by atoms with Crippen LogP contribution in [0, 0.1) is 11.3 Å². The topological polar surface area (TPSA) is 91.7 Å². The molecule has 26 heavy (non-hydrogen) atoms. The first kappa shape index (κ1) is 17.3. The standard InChI is InChI=1S/C19H17N3O4/c1-3-16-18(23)22(19(24)21-16)13-5-8-14(9-6-13)26-15-7-4-12(11-20)17(10-15)25-2/h4-10,16H,3H2,1-2H3,(H,21,24)/t16-/m1/s1. The average molecular weight is 351 g/mol. The molecule has 0 aliphatic carbocycles. The van der Waals surface area contributed by atoms with Gasteiger partial charge in [-0.25, -0.2) is 9.69 Å². The van der Waals surface area contributed by atoms with E-state index in [0.29, 0.717) is 34.9 Å². The van der Waals surface area contributed by atoms with E-state index in [1.807, 2.05) is 13.0 Å². The molecule has 0 aromatic heterocycles. The van der Waals surface area contributed by atoms with E-state index in [-0.39, 0.29) is 5.91 Å². The summed E-state index contributed by atoms with van der Waals surface area (Å²) < 4.78 is 10.9. The van der Waals surface area contributed by atoms with E-state index in [9.17, 15) is 9.59 Å². The van der Waals surface area contributed by atoms with Crippen molar-refractivity contribution in [1.82, 2.24) is 5.32 Å². The van der Waals surface area contributed by atoms with E-state index >= 15 is 0 Å². The van der Waals surface area contributed by atoms with E-state index < -0.39 is 12.1 Å². The molecule has 0 unspecified atom stereocenters. The lowest BCUT2D eigenvalue weighted by atomic mass is 10.2. The molecule has 3 rings (SSSR count). The van der Waals surface area contributed by atoms with Crippen LogP contribution < -0.4 is 19.7 Å². The normalized spacial score (nSPS) is 16.2. The Morgan fingerprint density at radius 1 is 1.15 bits per heavy atom. The number of nitrogens with zero attached hydrogens (tertiary/aromatic N) is 2. The van der Waals surface area contributed by atoms with Crippen molar-refractivity contribution in [2.75, 3.05) is 12.0 Å². The lowest BCUT2D eigenvalue weighted by molar-refractivity contribution is -0.118. The molecule has 0 bridgehead atoms. The summed E-state index contributed by atoms with van der Waals surface area (Å²) in [6.45, 7) is 1.84. The minimum Gasteiger partial charge on any atom is -0.495 e. The van der Waals surface area contributed by atoms with Crippen molar-refractivity contribution in [1.29, 1.82) is 5.26 Å². The van der Waals surface area contributed by atoms with E-state index in [4.69, 9.17) is 14.7 Å². The maximum absolute atomic E-state index is 12.2. The molecule has 7 nitrogen and oxygen atoms in total. The largest absolute Gasteiger partial charge is 0.495 e. The van der Waals surface area contributed by atoms with Crippen LogP contribution in [-0.4, -0.2) is 25.1 Å². The summed E-state index contributed by atoms with van der Waals surface area (Å²) in [6.07, 6.45) is 0.544. The minimum atomic E-state index is -0.482. The van der Waals surface area contributed by atoms with E-state index in [1.165, 1.54) is 7.11 Å². The summed E-state index contributed by atoms with van der Waals surface area (Å²) in [6, 6.07) is 12.7. The van der Waals surface area contributed by atoms with Gasteiger partial charge in [-0.15, -0.1) is 0 Å². The van der Waals surface area contributed by atoms with Gasteiger partial charge in [0, 0.05) is 6.07 Å². The first-order chi connectivity index (χ1) is 12.6. The zero-order valence-corrected chi connectivity index (χ0v) is 14.4. The fourth-order valence-corrected chi connectivity index (χ4v) is 2.68. The van der Waals surface area contributed by atoms with Gasteiger partial charge in [-0.05, 0) is 42.8 Å². The van der Waals surface area contributed by atoms with Gasteiger partial charge in [-0.3, -0.25) is 4.79 Å². The number of hydrogen-bond donors (Lipinski definition) is 1. The molecule has 1 aliphatic heterocycles. The molecule has 132 valence electrons. The highest BCUT2D eigenvalue weighted by molar-refractivity contribution is 6.21. The molecule has 0 spiro atoms. The van der Waals surface area contributed by atoms with Gasteiger partial charge in [0.25, 0.3) is 5.91 Å². The number of ether oxygens (including phenoxy) is 2. The molecule has 0 radical (unpaired) electrons. The molecule has 1 saturated heterocycles. The first-order valence-electron chi connectivity index (χ1n) is 8.08. The molecule has 1 heterocycles. The number of nitrogens with one attached hydrogen (secondary N) is 1. The number of benzene rings is 2. The summed E-state index contributed by atoms with van der Waals surface area (Å²) >= 11 is 0. The third kappa shape index (κ3) is 3.17. The lowest BCUT2D eigenvalue weighted by Gasteiger charge is -2.14. The average Bonchev–Trinajstić information content (AvgIpc) is 2.96. The Morgan fingerprint density at radius 2 is 1.85 bits per heavy atom. The molecule has 1 aliphatic rings. The van der Waals surface area contributed by atoms with Crippen molar-refractivity contribution >= 4 is 17.6 Å². The Bertz CT molecular complexity index is 887. The summed E-state index contributed by atoms with van der Waals surface area (Å²) in [5.41, 5.74) is 0.896. The van der Waals surface area contributed by atoms with E-state index in [1.54, 1.807) is 42.5 Å². The molecular weight excluding hydrogens is 334 g/mol. The van der Waals surface area contributed by atoms with E-state index in [0.717, 1.165) is 4.90 Å². The highest BCUT2D eigenvalue weighted by Gasteiger charge is 2.37. The first-order valence-corrected chi connectivity index (χ1v) is 8.08. The SMILES string of the molecule is CC[C@H]1NC(=O)N(c2ccc(Oc3ccc(C#N)c(OC)c3)cc2)C1=O. The molecule has 1 N–H and O–H groups in total. The summed E-state index contributed by atoms with van der Waals surface area (Å²) in [5.74, 6) is 1.20. The third-order valence-electron chi connectivity index (χ3n) is 4.05. The van der Waals surface area contributed by atoms with Crippen molar-refractivity contribution in [2.45, 2.75) is 19.4 Å². The zero-order valence-electron chi connectivity index (χ0n) is 14.4. The fraction of sp³-hybridized carbons (Fsp3) is 0.211. The van der Waals surface area contributed by atoms with Gasteiger partial charge in [-0.1, -0.05) is 6.92 Å². The van der Waals surface area contributed by atoms with Crippen LogP contribution in [0.3, 0.4) is 0 Å². The van der Waals surface area contributed by atoms with Crippen LogP contribution in [0.15, 0.2) is 42.5 Å². The molecule has 3 amide bonds. The Labute approximate surface area is 150 Å². The van der Waals surface area contributed by atoms with Crippen molar-refractivity contribution in [3.8, 4) is 23.3 Å². The van der Waals surface area contributed by atoms with Gasteiger partial charge in [0.1, 0.15) is 29.4 Å². The third-order valence-corrected chi connectivity index (χ3v) is 4.05. The van der Waals surface area contributed by atoms with Crippen molar-refractivity contribution in [3.05, 3.63) is 48.0 Å². The van der Waals surface area contributed by atoms with Crippen LogP contribution in [0.2, 0.25) is 0 Å². The van der Waals surface area contributed by atoms with Crippen molar-refractivity contribution < 1.29 is 19.1 Å². The number of carbonyl (C=O) groups excluding carboxylic acids is 2. The van der Waals surface area contributed by atoms with Crippen LogP contribution in [-0.2, 0) is 4.79 Å². The predicted molar refractivity (Wildman–Crippen MR) is 94.3 cm³/mol. The van der Waals surface area contributed by atoms with Gasteiger partial charge in [0.15, 0.2) is 0 Å². The molecule has 1 atom stereocenters. The van der Waals surface area contributed by atoms with Gasteiger partial charge in [0.05, 0.1) is 18.4 Å². The van der Waals surface area contributed by atoms with Crippen LogP contribution in [0.4, 0.5) is 10.5 Å². The van der Waals surface area contributed by atoms with Crippen LogP contribution in [0.5, 0.6) is 17.2 Å². The number of carbonyl (C=O) groups is 2. The smallest absolute Gasteiger partial charge is 0.329 e. The van der Waals surface area contributed by atoms with Crippen molar-refractivity contribution in [3.63, 3.8) is 0 Å². The Balaban J connectivity index is 1.78. The molecule has 0 saturated carbocycles. The molecule has 1 fully saturated rings. The van der Waals surface area contributed by atoms with Crippen LogP contribution in [0.25, 0.3) is 0 Å². The number of amides is 3. The Morgan fingerprint density at radius 3 is 2.42 bits per heavy atom. The summed E-state index contributed by atoms with van der Waals surface area (Å²) in [7, 11) is 1.48. The van der Waals surface area contributed by atoms with Crippen molar-refractivity contribution in [2.24, 2.45) is 0 Å². The van der Waals surface area contributed by atoms with Crippen LogP contribution in [0.1, 0.15) is 18.9 Å². The minimum absolute atomic E-state index is 0.261. The summed E-state index contributed by atoms with van der Waals surface area (Å²) in [5, 5.41) is 11.7. The fourth-order valence-electron chi connectivity index (χ4n) is 2.68. The quantitative estimate of drug-likeness (QED) is 0.835. The summed E-state index contributed by atoms with van der Waals surface area (Å²) in [4.78, 5) is 25.3. The van der Waals surface area contributed by atoms with Gasteiger partial charge in [0.2, 0.25) is 0 Å². The number of imide groups is 1. The zero-order chi connectivity index (χ0) is 18.7. The van der Waals surface area contributed by atoms with Crippen LogP contribution >= 0.6 is 0 Å². The molecule has 2 aromatic carbocycles. The molecule has 7 heteroatoms. The molecule has 2 aromatic rings. The van der Waals surface area contributed by atoms with Gasteiger partial charge < -0.3 is 14.8 Å². The number of methoxy groups -OCH3 is 1. The second-order valence-electron chi connectivity index (χ2n) is 5.65. The van der Waals surface area contributed by atoms with Gasteiger partial charge in [-0.2, -0.15) is 5.26 Å². The predicted octanol–water partition coefficient (Wildman–Crippen LogP) is 3.19.